The maximum Gasteiger partial charge on any atom is 0.416 e. The molecule has 4 nitrogen and oxygen atoms in total. The Morgan fingerprint density at radius 2 is 1.87 bits per heavy atom. The molecule has 0 bridgehead atoms. The second-order valence-corrected chi connectivity index (χ2v) is 5.61. The van der Waals surface area contributed by atoms with Gasteiger partial charge in [0.25, 0.3) is 0 Å². The molecule has 1 N–H and O–H groups in total. The van der Waals surface area contributed by atoms with Crippen molar-refractivity contribution in [3.8, 4) is 17.6 Å². The Labute approximate surface area is 133 Å². The third-order valence-electron chi connectivity index (χ3n) is 2.42. The van der Waals surface area contributed by atoms with Crippen LogP contribution in [0.15, 0.2) is 18.2 Å². The number of nitrogens with one attached hydrogen (secondary N) is 1. The minimum atomic E-state index is -4.49. The van der Waals surface area contributed by atoms with Crippen molar-refractivity contribution >= 4 is 6.09 Å². The fourth-order valence-corrected chi connectivity index (χ4v) is 1.53. The minimum Gasteiger partial charge on any atom is -0.497 e. The van der Waals surface area contributed by atoms with Gasteiger partial charge in [-0.2, -0.15) is 13.2 Å². The van der Waals surface area contributed by atoms with Crippen LogP contribution in [0.2, 0.25) is 0 Å². The van der Waals surface area contributed by atoms with Crippen molar-refractivity contribution in [2.75, 3.05) is 13.7 Å². The number of halogens is 3. The number of alkyl halides is 3. The zero-order valence-electron chi connectivity index (χ0n) is 13.3. The highest BCUT2D eigenvalue weighted by atomic mass is 19.4. The molecule has 1 amide bonds. The van der Waals surface area contributed by atoms with Gasteiger partial charge in [0.15, 0.2) is 0 Å². The summed E-state index contributed by atoms with van der Waals surface area (Å²) in [6, 6.07) is 3.20. The number of alkyl carbamates (subject to hydrolysis) is 1. The van der Waals surface area contributed by atoms with Crippen molar-refractivity contribution in [2.24, 2.45) is 0 Å². The molecule has 0 spiro atoms. The van der Waals surface area contributed by atoms with Gasteiger partial charge in [-0.1, -0.05) is 11.8 Å². The largest absolute Gasteiger partial charge is 0.497 e. The highest BCUT2D eigenvalue weighted by Gasteiger charge is 2.31. The van der Waals surface area contributed by atoms with Crippen LogP contribution >= 0.6 is 0 Å². The molecule has 0 saturated heterocycles. The van der Waals surface area contributed by atoms with E-state index in [4.69, 9.17) is 9.47 Å². The number of amides is 1. The monoisotopic (exact) mass is 329 g/mol. The summed E-state index contributed by atoms with van der Waals surface area (Å²) in [5, 5.41) is 2.39. The fraction of sp³-hybridized carbons (Fsp3) is 0.438. The SMILES string of the molecule is COc1cc(C#CCNC(=O)OC(C)(C)C)cc(C(F)(F)F)c1. The van der Waals surface area contributed by atoms with E-state index < -0.39 is 23.4 Å². The number of hydrogen-bond donors (Lipinski definition) is 1. The maximum absolute atomic E-state index is 12.8. The van der Waals surface area contributed by atoms with E-state index in [0.717, 1.165) is 12.1 Å². The third kappa shape index (κ3) is 6.96. The molecule has 0 aromatic heterocycles. The van der Waals surface area contributed by atoms with Gasteiger partial charge in [-0.15, -0.1) is 0 Å². The van der Waals surface area contributed by atoms with Gasteiger partial charge in [0.05, 0.1) is 19.2 Å². The van der Waals surface area contributed by atoms with Gasteiger partial charge >= 0.3 is 12.3 Å². The quantitative estimate of drug-likeness (QED) is 0.844. The van der Waals surface area contributed by atoms with Crippen molar-refractivity contribution in [1.29, 1.82) is 0 Å². The lowest BCUT2D eigenvalue weighted by Gasteiger charge is -2.19. The molecule has 0 radical (unpaired) electrons. The smallest absolute Gasteiger partial charge is 0.416 e. The topological polar surface area (TPSA) is 47.6 Å². The van der Waals surface area contributed by atoms with Crippen LogP contribution in [0.25, 0.3) is 0 Å². The van der Waals surface area contributed by atoms with Crippen LogP contribution in [0, 0.1) is 11.8 Å². The highest BCUT2D eigenvalue weighted by molar-refractivity contribution is 5.68. The predicted octanol–water partition coefficient (Wildman–Crippen LogP) is 3.59. The Morgan fingerprint density at radius 1 is 1.22 bits per heavy atom. The Bertz CT molecular complexity index is 622. The van der Waals surface area contributed by atoms with Crippen LogP contribution in [0.1, 0.15) is 31.9 Å². The van der Waals surface area contributed by atoms with E-state index in [2.05, 4.69) is 17.2 Å². The number of methoxy groups -OCH3 is 1. The van der Waals surface area contributed by atoms with E-state index in [1.165, 1.54) is 13.2 Å². The summed E-state index contributed by atoms with van der Waals surface area (Å²) in [5.41, 5.74) is -1.34. The molecule has 0 heterocycles. The number of carbonyl (C=O) groups is 1. The van der Waals surface area contributed by atoms with Crippen molar-refractivity contribution in [3.05, 3.63) is 29.3 Å². The van der Waals surface area contributed by atoms with Crippen LogP contribution in [0.5, 0.6) is 5.75 Å². The Morgan fingerprint density at radius 3 is 2.39 bits per heavy atom. The first-order valence-electron chi connectivity index (χ1n) is 6.73. The molecule has 0 saturated carbocycles. The number of benzene rings is 1. The van der Waals surface area contributed by atoms with Crippen LogP contribution in [0.4, 0.5) is 18.0 Å². The fourth-order valence-electron chi connectivity index (χ4n) is 1.53. The second-order valence-electron chi connectivity index (χ2n) is 5.61. The lowest BCUT2D eigenvalue weighted by molar-refractivity contribution is -0.137. The molecule has 126 valence electrons. The van der Waals surface area contributed by atoms with Gasteiger partial charge in [0.2, 0.25) is 0 Å². The van der Waals surface area contributed by atoms with Crippen LogP contribution in [-0.2, 0) is 10.9 Å². The van der Waals surface area contributed by atoms with Crippen molar-refractivity contribution in [2.45, 2.75) is 32.5 Å². The maximum atomic E-state index is 12.8. The van der Waals surface area contributed by atoms with Crippen LogP contribution < -0.4 is 10.1 Å². The summed E-state index contributed by atoms with van der Waals surface area (Å²) in [6.07, 6.45) is -5.13. The Hall–Kier alpha value is -2.36. The normalized spacial score (nSPS) is 11.3. The van der Waals surface area contributed by atoms with E-state index in [1.807, 2.05) is 0 Å². The Balaban J connectivity index is 2.77. The zero-order valence-corrected chi connectivity index (χ0v) is 13.3. The number of hydrogen-bond acceptors (Lipinski definition) is 3. The third-order valence-corrected chi connectivity index (χ3v) is 2.42. The van der Waals surface area contributed by atoms with Gasteiger partial charge in [-0.05, 0) is 39.0 Å². The molecule has 7 heteroatoms. The minimum absolute atomic E-state index is 0.0481. The lowest BCUT2D eigenvalue weighted by atomic mass is 10.1. The van der Waals surface area contributed by atoms with E-state index >= 15 is 0 Å². The number of carbonyl (C=O) groups excluding carboxylic acids is 1. The van der Waals surface area contributed by atoms with Crippen molar-refractivity contribution in [3.63, 3.8) is 0 Å². The molecule has 1 aromatic rings. The molecule has 0 aliphatic rings. The Kier molecular flexibility index (Phi) is 5.91. The van der Waals surface area contributed by atoms with Crippen molar-refractivity contribution < 1.29 is 27.4 Å². The standard InChI is InChI=1S/C16H18F3NO3/c1-15(2,3)23-14(21)20-7-5-6-11-8-12(16(17,18)19)10-13(9-11)22-4/h8-10H,7H2,1-4H3,(H,20,21). The molecule has 0 aliphatic carbocycles. The summed E-state index contributed by atoms with van der Waals surface area (Å²) in [4.78, 5) is 11.4. The average molecular weight is 329 g/mol. The first kappa shape index (κ1) is 18.7. The predicted molar refractivity (Wildman–Crippen MR) is 79.1 cm³/mol. The number of rotatable bonds is 2. The van der Waals surface area contributed by atoms with Gasteiger partial charge < -0.3 is 14.8 Å². The molecule has 23 heavy (non-hydrogen) atoms. The second kappa shape index (κ2) is 7.27. The summed E-state index contributed by atoms with van der Waals surface area (Å²) < 4.78 is 48.1. The van der Waals surface area contributed by atoms with E-state index in [0.29, 0.717) is 0 Å². The van der Waals surface area contributed by atoms with Crippen LogP contribution in [-0.4, -0.2) is 25.3 Å². The molecule has 1 rings (SSSR count). The molecule has 0 fully saturated rings. The molecular formula is C16H18F3NO3. The van der Waals surface area contributed by atoms with Crippen LogP contribution in [0.3, 0.4) is 0 Å². The summed E-state index contributed by atoms with van der Waals surface area (Å²) in [5.74, 6) is 5.17. The van der Waals surface area contributed by atoms with E-state index in [-0.39, 0.29) is 17.9 Å². The van der Waals surface area contributed by atoms with Gasteiger partial charge in [0, 0.05) is 5.56 Å². The highest BCUT2D eigenvalue weighted by Crippen LogP contribution is 2.32. The summed E-state index contributed by atoms with van der Waals surface area (Å²) >= 11 is 0. The van der Waals surface area contributed by atoms with Crippen molar-refractivity contribution in [1.82, 2.24) is 5.32 Å². The molecule has 0 aliphatic heterocycles. The molecule has 0 atom stereocenters. The van der Waals surface area contributed by atoms with Gasteiger partial charge in [0.1, 0.15) is 11.4 Å². The first-order valence-corrected chi connectivity index (χ1v) is 6.73. The molecule has 1 aromatic carbocycles. The van der Waals surface area contributed by atoms with E-state index in [9.17, 15) is 18.0 Å². The van der Waals surface area contributed by atoms with E-state index in [1.54, 1.807) is 20.8 Å². The van der Waals surface area contributed by atoms with Gasteiger partial charge in [-0.25, -0.2) is 4.79 Å². The molecule has 0 unspecified atom stereocenters. The first-order chi connectivity index (χ1) is 10.5. The number of ether oxygens (including phenoxy) is 2. The summed E-state index contributed by atoms with van der Waals surface area (Å²) in [6.45, 7) is 5.10. The molecular weight excluding hydrogens is 311 g/mol. The lowest BCUT2D eigenvalue weighted by Crippen LogP contribution is -2.32. The van der Waals surface area contributed by atoms with Gasteiger partial charge in [-0.3, -0.25) is 0 Å². The average Bonchev–Trinajstić information content (AvgIpc) is 2.40. The summed E-state index contributed by atoms with van der Waals surface area (Å²) in [7, 11) is 1.27. The zero-order chi connectivity index (χ0) is 17.7.